The molecule has 2 aromatic rings. The molecule has 0 saturated carbocycles. The summed E-state index contributed by atoms with van der Waals surface area (Å²) in [5.74, 6) is -0.732. The zero-order valence-corrected chi connectivity index (χ0v) is 16.6. The third kappa shape index (κ3) is 4.01. The van der Waals surface area contributed by atoms with Crippen LogP contribution in [0.2, 0.25) is 0 Å². The number of aromatic hydroxyl groups is 3. The number of aliphatic hydroxyl groups is 5. The van der Waals surface area contributed by atoms with Gasteiger partial charge in [0, 0.05) is 24.1 Å². The van der Waals surface area contributed by atoms with Crippen LogP contribution in [0.1, 0.15) is 17.2 Å². The maximum absolute atomic E-state index is 10.5. The van der Waals surface area contributed by atoms with Crippen molar-refractivity contribution in [1.82, 2.24) is 0 Å². The Kier molecular flexibility index (Phi) is 6.03. The number of phenolic OH excluding ortho intramolecular Hbond substituents is 3. The van der Waals surface area contributed by atoms with Gasteiger partial charge in [0.15, 0.2) is 11.5 Å². The maximum Gasteiger partial charge on any atom is 0.229 e. The van der Waals surface area contributed by atoms with Gasteiger partial charge in [0.2, 0.25) is 6.29 Å². The summed E-state index contributed by atoms with van der Waals surface area (Å²) in [6.45, 7) is -0.626. The van der Waals surface area contributed by atoms with E-state index in [2.05, 4.69) is 0 Å². The second-order valence-corrected chi connectivity index (χ2v) is 7.79. The van der Waals surface area contributed by atoms with Crippen LogP contribution in [0.4, 0.5) is 0 Å². The minimum absolute atomic E-state index is 0.0516. The fourth-order valence-corrected chi connectivity index (χ4v) is 3.85. The van der Waals surface area contributed by atoms with Crippen molar-refractivity contribution in [3.8, 4) is 28.7 Å². The summed E-state index contributed by atoms with van der Waals surface area (Å²) < 4.78 is 16.4. The zero-order chi connectivity index (χ0) is 23.2. The molecule has 0 aliphatic carbocycles. The van der Waals surface area contributed by atoms with E-state index in [0.29, 0.717) is 11.1 Å². The largest absolute Gasteiger partial charge is 0.508 e. The molecule has 11 heteroatoms. The SMILES string of the molecule is OC[C@H]1O[C@H](Oc2ccc([C@H]3Oc4cc(O)cc(O)c4C[C@@H]3O)cc2O)[C@H](O)[C@@H](O)[C@@H]1O. The molecule has 7 atom stereocenters. The second-order valence-electron chi connectivity index (χ2n) is 7.79. The number of benzene rings is 2. The van der Waals surface area contributed by atoms with Crippen LogP contribution in [-0.2, 0) is 11.2 Å². The Labute approximate surface area is 181 Å². The topological polar surface area (TPSA) is 190 Å². The number of phenols is 3. The molecule has 1 fully saturated rings. The Hall–Kier alpha value is -2.80. The highest BCUT2D eigenvalue weighted by Crippen LogP contribution is 2.43. The fraction of sp³-hybridized carbons (Fsp3) is 0.429. The Morgan fingerprint density at radius 1 is 0.906 bits per heavy atom. The van der Waals surface area contributed by atoms with E-state index in [-0.39, 0.29) is 35.2 Å². The lowest BCUT2D eigenvalue weighted by atomic mass is 9.94. The van der Waals surface area contributed by atoms with E-state index in [1.807, 2.05) is 0 Å². The maximum atomic E-state index is 10.5. The van der Waals surface area contributed by atoms with Gasteiger partial charge in [-0.1, -0.05) is 6.07 Å². The van der Waals surface area contributed by atoms with Crippen LogP contribution in [0.3, 0.4) is 0 Å². The molecule has 8 N–H and O–H groups in total. The summed E-state index contributed by atoms with van der Waals surface area (Å²) in [7, 11) is 0. The van der Waals surface area contributed by atoms with Crippen molar-refractivity contribution in [1.29, 1.82) is 0 Å². The van der Waals surface area contributed by atoms with Crippen LogP contribution < -0.4 is 9.47 Å². The Balaban J connectivity index is 1.53. The zero-order valence-electron chi connectivity index (χ0n) is 16.6. The number of hydrogen-bond acceptors (Lipinski definition) is 11. The molecule has 2 heterocycles. The molecular weight excluding hydrogens is 428 g/mol. The highest BCUT2D eigenvalue weighted by Gasteiger charge is 2.45. The van der Waals surface area contributed by atoms with Crippen molar-refractivity contribution in [3.05, 3.63) is 41.5 Å². The van der Waals surface area contributed by atoms with Gasteiger partial charge < -0.3 is 55.1 Å². The lowest BCUT2D eigenvalue weighted by molar-refractivity contribution is -0.277. The molecular formula is C21H24O11. The normalized spacial score (nSPS) is 32.1. The third-order valence-electron chi connectivity index (χ3n) is 5.59. The van der Waals surface area contributed by atoms with Crippen molar-refractivity contribution in [3.63, 3.8) is 0 Å². The smallest absolute Gasteiger partial charge is 0.229 e. The molecule has 0 spiro atoms. The number of hydrogen-bond donors (Lipinski definition) is 8. The standard InChI is InChI=1S/C21H24O11/c22-7-16-17(27)18(28)19(29)21(32-16)31-14-2-1-8(3-12(14)25)20-13(26)6-10-11(24)4-9(23)5-15(10)30-20/h1-5,13,16-29H,6-7H2/t13-,16+,17+,18-,19+,20+,21-/m0/s1. The first-order valence-corrected chi connectivity index (χ1v) is 9.89. The molecule has 174 valence electrons. The quantitative estimate of drug-likeness (QED) is 0.285. The molecule has 32 heavy (non-hydrogen) atoms. The molecule has 0 radical (unpaired) electrons. The van der Waals surface area contributed by atoms with E-state index in [1.165, 1.54) is 24.3 Å². The first-order valence-electron chi connectivity index (χ1n) is 9.89. The van der Waals surface area contributed by atoms with Gasteiger partial charge in [-0.15, -0.1) is 0 Å². The van der Waals surface area contributed by atoms with Gasteiger partial charge in [0.1, 0.15) is 47.8 Å². The summed E-state index contributed by atoms with van der Waals surface area (Å²) in [6, 6.07) is 6.54. The van der Waals surface area contributed by atoms with Gasteiger partial charge >= 0.3 is 0 Å². The molecule has 2 aromatic carbocycles. The minimum Gasteiger partial charge on any atom is -0.508 e. The van der Waals surface area contributed by atoms with Crippen LogP contribution >= 0.6 is 0 Å². The molecule has 0 amide bonds. The van der Waals surface area contributed by atoms with Gasteiger partial charge in [-0.05, 0) is 17.7 Å². The van der Waals surface area contributed by atoms with Crippen molar-refractivity contribution in [2.75, 3.05) is 6.61 Å². The van der Waals surface area contributed by atoms with E-state index in [9.17, 15) is 40.9 Å². The van der Waals surface area contributed by atoms with Gasteiger partial charge in [-0.3, -0.25) is 0 Å². The lowest BCUT2D eigenvalue weighted by Crippen LogP contribution is -2.60. The Morgan fingerprint density at radius 3 is 2.34 bits per heavy atom. The summed E-state index contributed by atoms with van der Waals surface area (Å²) in [4.78, 5) is 0. The highest BCUT2D eigenvalue weighted by molar-refractivity contribution is 5.52. The van der Waals surface area contributed by atoms with Crippen LogP contribution in [0.15, 0.2) is 30.3 Å². The van der Waals surface area contributed by atoms with Crippen molar-refractivity contribution in [2.24, 2.45) is 0 Å². The van der Waals surface area contributed by atoms with Gasteiger partial charge in [-0.25, -0.2) is 0 Å². The average molecular weight is 452 g/mol. The molecule has 4 rings (SSSR count). The number of ether oxygens (including phenoxy) is 3. The molecule has 0 aromatic heterocycles. The molecule has 2 aliphatic heterocycles. The highest BCUT2D eigenvalue weighted by atomic mass is 16.7. The number of aliphatic hydroxyl groups excluding tert-OH is 5. The fourth-order valence-electron chi connectivity index (χ4n) is 3.85. The first-order chi connectivity index (χ1) is 15.2. The molecule has 11 nitrogen and oxygen atoms in total. The predicted molar refractivity (Wildman–Crippen MR) is 105 cm³/mol. The monoisotopic (exact) mass is 452 g/mol. The van der Waals surface area contributed by atoms with E-state index >= 15 is 0 Å². The first kappa shape index (κ1) is 22.4. The van der Waals surface area contributed by atoms with Gasteiger partial charge in [0.05, 0.1) is 12.7 Å². The van der Waals surface area contributed by atoms with E-state index in [0.717, 1.165) is 6.07 Å². The van der Waals surface area contributed by atoms with Crippen LogP contribution in [0, 0.1) is 0 Å². The number of rotatable bonds is 4. The lowest BCUT2D eigenvalue weighted by Gasteiger charge is -2.39. The second kappa shape index (κ2) is 8.62. The van der Waals surface area contributed by atoms with Crippen LogP contribution in [-0.4, -0.2) is 84.3 Å². The molecule has 0 bridgehead atoms. The van der Waals surface area contributed by atoms with Crippen molar-refractivity contribution in [2.45, 2.75) is 49.3 Å². The summed E-state index contributed by atoms with van der Waals surface area (Å²) in [5.41, 5.74) is 0.711. The minimum atomic E-state index is -1.65. The van der Waals surface area contributed by atoms with Crippen molar-refractivity contribution >= 4 is 0 Å². The number of fused-ring (bicyclic) bond motifs is 1. The summed E-state index contributed by atoms with van der Waals surface area (Å²) >= 11 is 0. The van der Waals surface area contributed by atoms with E-state index < -0.39 is 49.5 Å². The van der Waals surface area contributed by atoms with Gasteiger partial charge in [0.25, 0.3) is 0 Å². The molecule has 0 unspecified atom stereocenters. The molecule has 1 saturated heterocycles. The van der Waals surface area contributed by atoms with Crippen LogP contribution in [0.25, 0.3) is 0 Å². The van der Waals surface area contributed by atoms with Crippen LogP contribution in [0.5, 0.6) is 28.7 Å². The van der Waals surface area contributed by atoms with Gasteiger partial charge in [-0.2, -0.15) is 0 Å². The average Bonchev–Trinajstić information content (AvgIpc) is 2.75. The van der Waals surface area contributed by atoms with E-state index in [1.54, 1.807) is 0 Å². The Bertz CT molecular complexity index is 978. The van der Waals surface area contributed by atoms with E-state index in [4.69, 9.17) is 14.2 Å². The summed E-state index contributed by atoms with van der Waals surface area (Å²) in [5, 5.41) is 79.6. The third-order valence-corrected chi connectivity index (χ3v) is 5.59. The Morgan fingerprint density at radius 2 is 1.66 bits per heavy atom. The predicted octanol–water partition coefficient (Wildman–Crippen LogP) is -0.981. The molecule has 2 aliphatic rings. The summed E-state index contributed by atoms with van der Waals surface area (Å²) in [6.07, 6.45) is -9.40. The van der Waals surface area contributed by atoms with Crippen molar-refractivity contribution < 1.29 is 55.1 Å².